The molecular weight excluding hydrogens is 406 g/mol. The number of hydrogen-bond acceptors (Lipinski definition) is 5. The molecule has 0 unspecified atom stereocenters. The van der Waals surface area contributed by atoms with Gasteiger partial charge in [0.25, 0.3) is 5.91 Å². The van der Waals surface area contributed by atoms with Gasteiger partial charge in [0.15, 0.2) is 17.2 Å². The van der Waals surface area contributed by atoms with Gasteiger partial charge in [-0.3, -0.25) is 4.79 Å². The second-order valence-electron chi connectivity index (χ2n) is 5.99. The smallest absolute Gasteiger partial charge is 0.319 e. The van der Waals surface area contributed by atoms with Crippen LogP contribution in [0.3, 0.4) is 0 Å². The molecule has 0 radical (unpaired) electrons. The summed E-state index contributed by atoms with van der Waals surface area (Å²) in [6, 6.07) is 9.03. The van der Waals surface area contributed by atoms with E-state index >= 15 is 0 Å². The predicted molar refractivity (Wildman–Crippen MR) is 95.6 cm³/mol. The Morgan fingerprint density at radius 2 is 1.93 bits per heavy atom. The number of benzene rings is 1. The molecule has 1 N–H and O–H groups in total. The van der Waals surface area contributed by atoms with E-state index in [1.54, 1.807) is 18.5 Å². The summed E-state index contributed by atoms with van der Waals surface area (Å²) in [5.74, 6) is -1.45. The van der Waals surface area contributed by atoms with Gasteiger partial charge >= 0.3 is 6.18 Å². The highest BCUT2D eigenvalue weighted by Gasteiger charge is 2.42. The van der Waals surface area contributed by atoms with Crippen molar-refractivity contribution >= 4 is 11.6 Å². The minimum atomic E-state index is -4.97. The van der Waals surface area contributed by atoms with Gasteiger partial charge in [0.2, 0.25) is 0 Å². The minimum absolute atomic E-state index is 0.143. The van der Waals surface area contributed by atoms with Crippen LogP contribution in [0.25, 0.3) is 11.5 Å². The van der Waals surface area contributed by atoms with E-state index in [-0.39, 0.29) is 11.4 Å². The van der Waals surface area contributed by atoms with Gasteiger partial charge in [-0.15, -0.1) is 5.10 Å². The fraction of sp³-hybridized carbons (Fsp3) is 0.0556. The normalized spacial score (nSPS) is 11.5. The van der Waals surface area contributed by atoms with Crippen molar-refractivity contribution in [2.75, 3.05) is 5.32 Å². The van der Waals surface area contributed by atoms with Crippen molar-refractivity contribution in [1.82, 2.24) is 29.8 Å². The average Bonchev–Trinajstić information content (AvgIpc) is 3.38. The Morgan fingerprint density at radius 1 is 1.10 bits per heavy atom. The number of aromatic nitrogens is 6. The third kappa shape index (κ3) is 3.74. The van der Waals surface area contributed by atoms with Crippen molar-refractivity contribution < 1.29 is 22.4 Å². The molecular formula is C18H11F4N7O. The number of hydrogen-bond donors (Lipinski definition) is 1. The summed E-state index contributed by atoms with van der Waals surface area (Å²) in [4.78, 5) is 16.5. The van der Waals surface area contributed by atoms with Gasteiger partial charge in [0.1, 0.15) is 5.82 Å². The van der Waals surface area contributed by atoms with Crippen molar-refractivity contribution in [2.24, 2.45) is 0 Å². The second kappa shape index (κ2) is 7.39. The summed E-state index contributed by atoms with van der Waals surface area (Å²) in [6.45, 7) is 0. The molecule has 152 valence electrons. The predicted octanol–water partition coefficient (Wildman–Crippen LogP) is 3.26. The van der Waals surface area contributed by atoms with Gasteiger partial charge < -0.3 is 5.32 Å². The molecule has 4 rings (SSSR count). The Labute approximate surface area is 165 Å². The average molecular weight is 417 g/mol. The van der Waals surface area contributed by atoms with Gasteiger partial charge in [-0.25, -0.2) is 18.7 Å². The Hall–Kier alpha value is -4.09. The van der Waals surface area contributed by atoms with Crippen LogP contribution in [0.15, 0.2) is 61.1 Å². The van der Waals surface area contributed by atoms with Gasteiger partial charge in [-0.05, 0) is 36.4 Å². The fourth-order valence-electron chi connectivity index (χ4n) is 2.67. The first-order valence-electron chi connectivity index (χ1n) is 8.39. The molecule has 0 saturated carbocycles. The van der Waals surface area contributed by atoms with E-state index in [1.807, 2.05) is 0 Å². The Morgan fingerprint density at radius 3 is 2.57 bits per heavy atom. The van der Waals surface area contributed by atoms with Crippen LogP contribution in [0.4, 0.5) is 23.2 Å². The summed E-state index contributed by atoms with van der Waals surface area (Å²) in [7, 11) is 0. The molecule has 0 aliphatic rings. The Kier molecular flexibility index (Phi) is 4.74. The van der Waals surface area contributed by atoms with E-state index in [1.165, 1.54) is 35.1 Å². The van der Waals surface area contributed by atoms with Crippen LogP contribution in [-0.2, 0) is 6.18 Å². The van der Waals surface area contributed by atoms with Crippen LogP contribution in [-0.4, -0.2) is 35.7 Å². The maximum Gasteiger partial charge on any atom is 0.435 e. The van der Waals surface area contributed by atoms with Crippen molar-refractivity contribution in [2.45, 2.75) is 6.18 Å². The molecule has 0 spiro atoms. The number of rotatable bonds is 4. The van der Waals surface area contributed by atoms with Gasteiger partial charge in [-0.2, -0.15) is 18.3 Å². The number of amides is 1. The van der Waals surface area contributed by atoms with Crippen molar-refractivity contribution in [3.63, 3.8) is 0 Å². The number of nitrogens with zero attached hydrogens (tertiary/aromatic N) is 6. The number of halogens is 4. The molecule has 4 aromatic rings. The van der Waals surface area contributed by atoms with E-state index < -0.39 is 29.3 Å². The number of alkyl halides is 3. The lowest BCUT2D eigenvalue weighted by Gasteiger charge is -2.11. The molecule has 1 amide bonds. The summed E-state index contributed by atoms with van der Waals surface area (Å²) in [5, 5.41) is 13.1. The van der Waals surface area contributed by atoms with Gasteiger partial charge in [0.05, 0.1) is 17.6 Å². The lowest BCUT2D eigenvalue weighted by molar-refractivity contribution is -0.143. The van der Waals surface area contributed by atoms with Crippen LogP contribution in [0.2, 0.25) is 0 Å². The van der Waals surface area contributed by atoms with E-state index in [0.717, 1.165) is 12.1 Å². The van der Waals surface area contributed by atoms with E-state index in [4.69, 9.17) is 0 Å². The second-order valence-corrected chi connectivity index (χ2v) is 5.99. The maximum atomic E-state index is 13.6. The summed E-state index contributed by atoms with van der Waals surface area (Å²) < 4.78 is 56.2. The molecule has 0 aliphatic heterocycles. The summed E-state index contributed by atoms with van der Waals surface area (Å²) in [6.07, 6.45) is -0.497. The largest absolute Gasteiger partial charge is 0.435 e. The van der Waals surface area contributed by atoms with E-state index in [9.17, 15) is 22.4 Å². The molecule has 0 fully saturated rings. The first-order chi connectivity index (χ1) is 14.3. The molecule has 0 atom stereocenters. The van der Waals surface area contributed by atoms with Crippen LogP contribution in [0.1, 0.15) is 16.2 Å². The van der Waals surface area contributed by atoms with Crippen LogP contribution < -0.4 is 5.32 Å². The van der Waals surface area contributed by atoms with Crippen LogP contribution >= 0.6 is 0 Å². The number of pyridine rings is 1. The third-order valence-electron chi connectivity index (χ3n) is 3.95. The zero-order valence-electron chi connectivity index (χ0n) is 14.9. The molecule has 3 aromatic heterocycles. The van der Waals surface area contributed by atoms with Crippen LogP contribution in [0, 0.1) is 5.82 Å². The monoisotopic (exact) mass is 417 g/mol. The van der Waals surface area contributed by atoms with Crippen LogP contribution in [0.5, 0.6) is 0 Å². The number of carbonyl (C=O) groups excluding carboxylic acids is 1. The highest BCUT2D eigenvalue weighted by molar-refractivity contribution is 6.03. The first kappa shape index (κ1) is 19.2. The van der Waals surface area contributed by atoms with E-state index in [0.29, 0.717) is 10.5 Å². The first-order valence-corrected chi connectivity index (χ1v) is 8.39. The highest BCUT2D eigenvalue weighted by Crippen LogP contribution is 2.33. The standard InChI is InChI=1S/C18H11F4N7O/c19-11-3-1-4-13(9-11)29-16(18(20,21)22)15(26-27-29)17(30)25-12-5-6-14(23-10-12)28-8-2-7-24-28/h1-10H,(H,25,30). The summed E-state index contributed by atoms with van der Waals surface area (Å²) >= 11 is 0. The number of carbonyl (C=O) groups is 1. The van der Waals surface area contributed by atoms with Crippen molar-refractivity contribution in [1.29, 1.82) is 0 Å². The lowest BCUT2D eigenvalue weighted by Crippen LogP contribution is -2.21. The molecule has 0 bridgehead atoms. The lowest BCUT2D eigenvalue weighted by atomic mass is 10.2. The topological polar surface area (TPSA) is 90.5 Å². The van der Waals surface area contributed by atoms with Crippen molar-refractivity contribution in [3.05, 3.63) is 78.3 Å². The van der Waals surface area contributed by atoms with Gasteiger partial charge in [-0.1, -0.05) is 11.3 Å². The summed E-state index contributed by atoms with van der Waals surface area (Å²) in [5.41, 5.74) is -2.46. The SMILES string of the molecule is O=C(Nc1ccc(-n2cccn2)nc1)c1nnn(-c2cccc(F)c2)c1C(F)(F)F. The molecule has 12 heteroatoms. The molecule has 8 nitrogen and oxygen atoms in total. The van der Waals surface area contributed by atoms with E-state index in [2.05, 4.69) is 25.7 Å². The zero-order valence-corrected chi connectivity index (χ0v) is 14.9. The quantitative estimate of drug-likeness (QED) is 0.515. The van der Waals surface area contributed by atoms with Crippen molar-refractivity contribution in [3.8, 4) is 11.5 Å². The molecule has 3 heterocycles. The van der Waals surface area contributed by atoms with Gasteiger partial charge in [0, 0.05) is 12.4 Å². The molecule has 0 aliphatic carbocycles. The molecule has 1 aromatic carbocycles. The Bertz CT molecular complexity index is 1180. The fourth-order valence-corrected chi connectivity index (χ4v) is 2.67. The number of nitrogens with one attached hydrogen (secondary N) is 1. The maximum absolute atomic E-state index is 13.6. The molecule has 30 heavy (non-hydrogen) atoms. The highest BCUT2D eigenvalue weighted by atomic mass is 19.4. The molecule has 0 saturated heterocycles. The zero-order chi connectivity index (χ0) is 21.3. The minimum Gasteiger partial charge on any atom is -0.319 e. The third-order valence-corrected chi connectivity index (χ3v) is 3.95. The number of anilines is 1. The Balaban J connectivity index is 1.64.